The normalized spacial score (nSPS) is 12.2. The lowest BCUT2D eigenvalue weighted by Crippen LogP contribution is -2.33. The zero-order chi connectivity index (χ0) is 25.2. The Morgan fingerprint density at radius 2 is 1.69 bits per heavy atom. The minimum Gasteiger partial charge on any atom is -0.324 e. The average Bonchev–Trinajstić information content (AvgIpc) is 3.17. The van der Waals surface area contributed by atoms with Crippen molar-refractivity contribution in [3.8, 4) is 5.82 Å². The van der Waals surface area contributed by atoms with Crippen LogP contribution in [0.1, 0.15) is 24.4 Å². The SMILES string of the molecule is Cc1cc(C)n(-c2ccc(=O)n(C(C)C(=O)Nc3ccc(S(=O)(=O)Nc4ncccn4)cc3)n2)n1. The monoisotopic (exact) mass is 494 g/mol. The fraction of sp³-hybridized carbons (Fsp3) is 0.182. The molecule has 3 aromatic heterocycles. The molecule has 180 valence electrons. The number of rotatable bonds is 7. The number of amides is 1. The molecule has 1 amide bonds. The zero-order valence-electron chi connectivity index (χ0n) is 19.1. The third kappa shape index (κ3) is 5.24. The van der Waals surface area contributed by atoms with Crippen LogP contribution in [-0.2, 0) is 14.8 Å². The van der Waals surface area contributed by atoms with Crippen LogP contribution < -0.4 is 15.6 Å². The highest BCUT2D eigenvalue weighted by Crippen LogP contribution is 2.18. The molecular formula is C22H22N8O4S. The van der Waals surface area contributed by atoms with E-state index in [2.05, 4.69) is 30.2 Å². The van der Waals surface area contributed by atoms with E-state index < -0.39 is 27.5 Å². The minimum atomic E-state index is -3.91. The van der Waals surface area contributed by atoms with Crippen LogP contribution in [0.2, 0.25) is 0 Å². The lowest BCUT2D eigenvalue weighted by Gasteiger charge is -2.15. The Balaban J connectivity index is 1.50. The Morgan fingerprint density at radius 1 is 1.00 bits per heavy atom. The standard InChI is InChI=1S/C22H22N8O4S/c1-14-13-15(2)29(26-14)19-9-10-20(31)30(27-19)16(3)21(32)25-17-5-7-18(8-6-17)35(33,34)28-22-23-11-4-12-24-22/h4-13,16H,1-3H3,(H,25,32)(H,23,24,28). The van der Waals surface area contributed by atoms with Gasteiger partial charge in [0, 0.05) is 29.8 Å². The van der Waals surface area contributed by atoms with Gasteiger partial charge in [-0.05, 0) is 63.2 Å². The fourth-order valence-corrected chi connectivity index (χ4v) is 4.23. The number of aryl methyl sites for hydroxylation is 2. The van der Waals surface area contributed by atoms with Gasteiger partial charge in [0.25, 0.3) is 15.6 Å². The van der Waals surface area contributed by atoms with Gasteiger partial charge in [-0.2, -0.15) is 5.10 Å². The average molecular weight is 495 g/mol. The summed E-state index contributed by atoms with van der Waals surface area (Å²) in [5, 5.41) is 11.3. The first-order valence-corrected chi connectivity index (χ1v) is 12.0. The molecule has 0 saturated carbocycles. The second-order valence-corrected chi connectivity index (χ2v) is 9.36. The molecule has 1 aromatic carbocycles. The highest BCUT2D eigenvalue weighted by molar-refractivity contribution is 7.92. The molecule has 35 heavy (non-hydrogen) atoms. The van der Waals surface area contributed by atoms with Crippen LogP contribution in [0, 0.1) is 13.8 Å². The van der Waals surface area contributed by atoms with E-state index in [9.17, 15) is 18.0 Å². The summed E-state index contributed by atoms with van der Waals surface area (Å²) < 4.78 is 30.0. The van der Waals surface area contributed by atoms with Gasteiger partial charge in [0.1, 0.15) is 6.04 Å². The van der Waals surface area contributed by atoms with E-state index in [4.69, 9.17) is 0 Å². The summed E-state index contributed by atoms with van der Waals surface area (Å²) in [6.07, 6.45) is 2.83. The zero-order valence-corrected chi connectivity index (χ0v) is 19.9. The van der Waals surface area contributed by atoms with E-state index in [0.717, 1.165) is 16.1 Å². The molecule has 0 aliphatic heterocycles. The van der Waals surface area contributed by atoms with Gasteiger partial charge in [-0.15, -0.1) is 5.10 Å². The van der Waals surface area contributed by atoms with Crippen LogP contribution in [-0.4, -0.2) is 43.9 Å². The van der Waals surface area contributed by atoms with Crippen LogP contribution in [0.4, 0.5) is 11.6 Å². The van der Waals surface area contributed by atoms with E-state index in [0.29, 0.717) is 11.5 Å². The van der Waals surface area contributed by atoms with Gasteiger partial charge in [-0.3, -0.25) is 9.59 Å². The van der Waals surface area contributed by atoms with Crippen molar-refractivity contribution >= 4 is 27.6 Å². The maximum absolute atomic E-state index is 12.8. The summed E-state index contributed by atoms with van der Waals surface area (Å²) in [6, 6.07) is 10.9. The first-order chi connectivity index (χ1) is 16.6. The van der Waals surface area contributed by atoms with Gasteiger partial charge in [-0.25, -0.2) is 32.5 Å². The van der Waals surface area contributed by atoms with Crippen LogP contribution in [0.25, 0.3) is 5.82 Å². The molecule has 13 heteroatoms. The Labute approximate surface area is 200 Å². The van der Waals surface area contributed by atoms with E-state index in [1.54, 1.807) is 10.7 Å². The quantitative estimate of drug-likeness (QED) is 0.394. The van der Waals surface area contributed by atoms with Crippen molar-refractivity contribution in [2.24, 2.45) is 0 Å². The number of hydrogen-bond donors (Lipinski definition) is 2. The third-order valence-electron chi connectivity index (χ3n) is 5.01. The number of hydrogen-bond acceptors (Lipinski definition) is 8. The predicted octanol–water partition coefficient (Wildman–Crippen LogP) is 1.84. The molecule has 0 aliphatic rings. The lowest BCUT2D eigenvalue weighted by atomic mass is 10.2. The number of aromatic nitrogens is 6. The van der Waals surface area contributed by atoms with Gasteiger partial charge < -0.3 is 5.32 Å². The summed E-state index contributed by atoms with van der Waals surface area (Å²) in [7, 11) is -3.91. The summed E-state index contributed by atoms with van der Waals surface area (Å²) in [4.78, 5) is 32.9. The maximum atomic E-state index is 12.8. The molecular weight excluding hydrogens is 472 g/mol. The van der Waals surface area contributed by atoms with E-state index in [1.807, 2.05) is 19.9 Å². The molecule has 0 saturated heterocycles. The van der Waals surface area contributed by atoms with Gasteiger partial charge in [0.15, 0.2) is 5.82 Å². The van der Waals surface area contributed by atoms with Gasteiger partial charge in [-0.1, -0.05) is 0 Å². The highest BCUT2D eigenvalue weighted by Gasteiger charge is 2.20. The number of sulfonamides is 1. The first-order valence-electron chi connectivity index (χ1n) is 10.5. The van der Waals surface area contributed by atoms with Crippen LogP contribution in [0.15, 0.2) is 70.6 Å². The molecule has 4 rings (SSSR count). The molecule has 12 nitrogen and oxygen atoms in total. The van der Waals surface area contributed by atoms with E-state index >= 15 is 0 Å². The molecule has 3 heterocycles. The molecule has 0 radical (unpaired) electrons. The lowest BCUT2D eigenvalue weighted by molar-refractivity contribution is -0.119. The minimum absolute atomic E-state index is 0.0357. The summed E-state index contributed by atoms with van der Waals surface area (Å²) >= 11 is 0. The topological polar surface area (TPSA) is 154 Å². The van der Waals surface area contributed by atoms with Crippen molar-refractivity contribution in [3.63, 3.8) is 0 Å². The molecule has 0 fully saturated rings. The van der Waals surface area contributed by atoms with Crippen molar-refractivity contribution in [2.45, 2.75) is 31.7 Å². The summed E-state index contributed by atoms with van der Waals surface area (Å²) in [5.41, 5.74) is 1.53. The fourth-order valence-electron chi connectivity index (χ4n) is 3.27. The Kier molecular flexibility index (Phi) is 6.42. The maximum Gasteiger partial charge on any atom is 0.267 e. The van der Waals surface area contributed by atoms with Gasteiger partial charge in [0.2, 0.25) is 11.9 Å². The molecule has 0 aliphatic carbocycles. The number of anilines is 2. The Hall–Kier alpha value is -4.39. The number of nitrogens with zero attached hydrogens (tertiary/aromatic N) is 6. The van der Waals surface area contributed by atoms with E-state index in [1.165, 1.54) is 55.7 Å². The summed E-state index contributed by atoms with van der Waals surface area (Å²) in [6.45, 7) is 5.24. The Morgan fingerprint density at radius 3 is 2.31 bits per heavy atom. The van der Waals surface area contributed by atoms with Gasteiger partial charge in [0.05, 0.1) is 10.6 Å². The number of nitrogens with one attached hydrogen (secondary N) is 2. The van der Waals surface area contributed by atoms with Crippen LogP contribution >= 0.6 is 0 Å². The molecule has 4 aromatic rings. The first kappa shape index (κ1) is 23.8. The van der Waals surface area contributed by atoms with Gasteiger partial charge >= 0.3 is 0 Å². The van der Waals surface area contributed by atoms with Crippen molar-refractivity contribution in [1.82, 2.24) is 29.5 Å². The number of benzene rings is 1. The van der Waals surface area contributed by atoms with Crippen LogP contribution in [0.3, 0.4) is 0 Å². The Bertz CT molecular complexity index is 1530. The van der Waals surface area contributed by atoms with E-state index in [-0.39, 0.29) is 10.8 Å². The summed E-state index contributed by atoms with van der Waals surface area (Å²) in [5.74, 6) is -0.157. The van der Waals surface area contributed by atoms with Crippen LogP contribution in [0.5, 0.6) is 0 Å². The van der Waals surface area contributed by atoms with Crippen molar-refractivity contribution in [3.05, 3.63) is 82.7 Å². The highest BCUT2D eigenvalue weighted by atomic mass is 32.2. The van der Waals surface area contributed by atoms with Crippen molar-refractivity contribution < 1.29 is 13.2 Å². The third-order valence-corrected chi connectivity index (χ3v) is 6.35. The second-order valence-electron chi connectivity index (χ2n) is 7.68. The molecule has 0 spiro atoms. The molecule has 2 N–H and O–H groups in total. The number of carbonyl (C=O) groups excluding carboxylic acids is 1. The van der Waals surface area contributed by atoms with Crippen molar-refractivity contribution in [1.29, 1.82) is 0 Å². The van der Waals surface area contributed by atoms with Crippen molar-refractivity contribution in [2.75, 3.05) is 10.0 Å². The molecule has 1 unspecified atom stereocenters. The smallest absolute Gasteiger partial charge is 0.267 e. The second kappa shape index (κ2) is 9.46. The predicted molar refractivity (Wildman–Crippen MR) is 128 cm³/mol. The number of carbonyl (C=O) groups is 1. The molecule has 0 bridgehead atoms. The largest absolute Gasteiger partial charge is 0.324 e. The molecule has 1 atom stereocenters.